The molecular weight excluding hydrogens is 355 g/mol. The highest BCUT2D eigenvalue weighted by Crippen LogP contribution is 2.34. The molecule has 0 amide bonds. The highest BCUT2D eigenvalue weighted by molar-refractivity contribution is 5.78. The van der Waals surface area contributed by atoms with Gasteiger partial charge in [0.25, 0.3) is 0 Å². The second-order valence-corrected chi connectivity index (χ2v) is 6.88. The van der Waals surface area contributed by atoms with Gasteiger partial charge in [-0.1, -0.05) is 6.07 Å². The van der Waals surface area contributed by atoms with Crippen molar-refractivity contribution in [2.75, 3.05) is 19.4 Å². The molecule has 144 valence electrons. The summed E-state index contributed by atoms with van der Waals surface area (Å²) in [5, 5.41) is 8.33. The smallest absolute Gasteiger partial charge is 0.381 e. The van der Waals surface area contributed by atoms with Gasteiger partial charge in [0.2, 0.25) is 0 Å². The summed E-state index contributed by atoms with van der Waals surface area (Å²) in [6, 6.07) is 6.33. The van der Waals surface area contributed by atoms with Crippen molar-refractivity contribution in [2.45, 2.75) is 26.2 Å². The van der Waals surface area contributed by atoms with E-state index in [4.69, 9.17) is 0 Å². The van der Waals surface area contributed by atoms with Crippen LogP contribution in [0, 0.1) is 6.92 Å². The zero-order valence-electron chi connectivity index (χ0n) is 15.7. The van der Waals surface area contributed by atoms with E-state index in [1.807, 2.05) is 20.0 Å². The molecule has 1 N–H and O–H groups in total. The zero-order chi connectivity index (χ0) is 19.8. The minimum absolute atomic E-state index is 0.232. The van der Waals surface area contributed by atoms with Crippen molar-refractivity contribution in [3.8, 4) is 0 Å². The molecule has 0 bridgehead atoms. The van der Waals surface area contributed by atoms with Gasteiger partial charge in [0.1, 0.15) is 0 Å². The van der Waals surface area contributed by atoms with Crippen molar-refractivity contribution in [1.29, 1.82) is 0 Å². The lowest BCUT2D eigenvalue weighted by Gasteiger charge is -2.18. The molecule has 0 saturated carbocycles. The molecule has 0 aliphatic carbocycles. The number of nitrogens with one attached hydrogen (secondary N) is 1. The minimum atomic E-state index is -4.39. The first-order valence-electron chi connectivity index (χ1n) is 8.52. The molecule has 0 spiro atoms. The minimum Gasteiger partial charge on any atom is -0.381 e. The number of benzene rings is 1. The van der Waals surface area contributed by atoms with E-state index in [2.05, 4.69) is 15.4 Å². The van der Waals surface area contributed by atoms with Gasteiger partial charge in [-0.2, -0.15) is 18.3 Å². The Hall–Kier alpha value is -2.61. The standard InChI is InChI=1S/C19H22F3N5/c1-12-16-7-13(10-24-18(16)27(4)25-12)9-23-15-6-5-14(11-26(2)3)17(8-15)19(20,21)22/h5-8,10,23H,9,11H2,1-4H3. The van der Waals surface area contributed by atoms with Crippen molar-refractivity contribution in [1.82, 2.24) is 19.7 Å². The molecule has 8 heteroatoms. The van der Waals surface area contributed by atoms with E-state index in [0.29, 0.717) is 12.2 Å². The number of halogens is 3. The largest absolute Gasteiger partial charge is 0.416 e. The van der Waals surface area contributed by atoms with Crippen LogP contribution in [0.5, 0.6) is 0 Å². The number of anilines is 1. The second-order valence-electron chi connectivity index (χ2n) is 6.88. The lowest BCUT2D eigenvalue weighted by molar-refractivity contribution is -0.138. The zero-order valence-corrected chi connectivity index (χ0v) is 15.7. The fourth-order valence-corrected chi connectivity index (χ4v) is 3.08. The van der Waals surface area contributed by atoms with Gasteiger partial charge in [0.05, 0.1) is 11.3 Å². The van der Waals surface area contributed by atoms with Crippen molar-refractivity contribution < 1.29 is 13.2 Å². The van der Waals surface area contributed by atoms with E-state index >= 15 is 0 Å². The Labute approximate surface area is 155 Å². The van der Waals surface area contributed by atoms with Crippen molar-refractivity contribution in [2.24, 2.45) is 7.05 Å². The molecule has 1 aromatic carbocycles. The first-order valence-corrected chi connectivity index (χ1v) is 8.52. The number of fused-ring (bicyclic) bond motifs is 1. The Morgan fingerprint density at radius 3 is 2.59 bits per heavy atom. The quantitative estimate of drug-likeness (QED) is 0.731. The maximum absolute atomic E-state index is 13.4. The van der Waals surface area contributed by atoms with E-state index in [9.17, 15) is 13.2 Å². The average molecular weight is 377 g/mol. The van der Waals surface area contributed by atoms with Crippen LogP contribution in [-0.2, 0) is 26.3 Å². The van der Waals surface area contributed by atoms with E-state index in [-0.39, 0.29) is 12.1 Å². The predicted molar refractivity (Wildman–Crippen MR) is 99.4 cm³/mol. The van der Waals surface area contributed by atoms with Crippen LogP contribution in [0.4, 0.5) is 18.9 Å². The van der Waals surface area contributed by atoms with Crippen LogP contribution < -0.4 is 5.32 Å². The van der Waals surface area contributed by atoms with Crippen molar-refractivity contribution in [3.63, 3.8) is 0 Å². The summed E-state index contributed by atoms with van der Waals surface area (Å²) in [5.41, 5.74) is 2.60. The Morgan fingerprint density at radius 2 is 1.93 bits per heavy atom. The van der Waals surface area contributed by atoms with Crippen LogP contribution in [0.25, 0.3) is 11.0 Å². The van der Waals surface area contributed by atoms with Crippen LogP contribution in [0.2, 0.25) is 0 Å². The highest BCUT2D eigenvalue weighted by atomic mass is 19.4. The summed E-state index contributed by atoms with van der Waals surface area (Å²) < 4.78 is 41.9. The number of aryl methyl sites for hydroxylation is 2. The topological polar surface area (TPSA) is 46.0 Å². The summed E-state index contributed by atoms with van der Waals surface area (Å²) in [4.78, 5) is 6.11. The van der Waals surface area contributed by atoms with E-state index in [1.165, 1.54) is 12.1 Å². The maximum atomic E-state index is 13.4. The van der Waals surface area contributed by atoms with E-state index in [1.54, 1.807) is 35.9 Å². The number of aromatic nitrogens is 3. The number of nitrogens with zero attached hydrogens (tertiary/aromatic N) is 4. The Morgan fingerprint density at radius 1 is 1.19 bits per heavy atom. The van der Waals surface area contributed by atoms with Crippen molar-refractivity contribution >= 4 is 16.7 Å². The van der Waals surface area contributed by atoms with Gasteiger partial charge in [-0.25, -0.2) is 4.98 Å². The molecule has 2 heterocycles. The van der Waals surface area contributed by atoms with Crippen LogP contribution >= 0.6 is 0 Å². The molecule has 0 unspecified atom stereocenters. The molecule has 0 fully saturated rings. The van der Waals surface area contributed by atoms with Gasteiger partial charge in [-0.15, -0.1) is 0 Å². The van der Waals surface area contributed by atoms with Gasteiger partial charge in [0.15, 0.2) is 5.65 Å². The van der Waals surface area contributed by atoms with Gasteiger partial charge < -0.3 is 10.2 Å². The number of alkyl halides is 3. The van der Waals surface area contributed by atoms with Crippen molar-refractivity contribution in [3.05, 3.63) is 52.8 Å². The summed E-state index contributed by atoms with van der Waals surface area (Å²) >= 11 is 0. The summed E-state index contributed by atoms with van der Waals surface area (Å²) in [7, 11) is 5.32. The third kappa shape index (κ3) is 4.21. The fraction of sp³-hybridized carbons (Fsp3) is 0.368. The number of hydrogen-bond acceptors (Lipinski definition) is 4. The lowest BCUT2D eigenvalue weighted by atomic mass is 10.1. The molecule has 0 aliphatic rings. The summed E-state index contributed by atoms with van der Waals surface area (Å²) in [6.45, 7) is 2.51. The van der Waals surface area contributed by atoms with Crippen LogP contribution in [-0.4, -0.2) is 33.8 Å². The third-order valence-electron chi connectivity index (χ3n) is 4.32. The van der Waals surface area contributed by atoms with Crippen LogP contribution in [0.15, 0.2) is 30.5 Å². The summed E-state index contributed by atoms with van der Waals surface area (Å²) in [5.74, 6) is 0. The maximum Gasteiger partial charge on any atom is 0.416 e. The first kappa shape index (κ1) is 19.2. The predicted octanol–water partition coefficient (Wildman–Crippen LogP) is 3.97. The molecule has 3 rings (SSSR count). The van der Waals surface area contributed by atoms with Gasteiger partial charge in [-0.05, 0) is 50.3 Å². The molecule has 3 aromatic rings. The normalized spacial score (nSPS) is 12.1. The first-order chi connectivity index (χ1) is 12.6. The Balaban J connectivity index is 1.82. The third-order valence-corrected chi connectivity index (χ3v) is 4.32. The van der Waals surface area contributed by atoms with Gasteiger partial charge in [0, 0.05) is 37.4 Å². The Bertz CT molecular complexity index is 960. The Kier molecular flexibility index (Phi) is 5.10. The number of hydrogen-bond donors (Lipinski definition) is 1. The van der Waals surface area contributed by atoms with Crippen LogP contribution in [0.1, 0.15) is 22.4 Å². The molecular formula is C19H22F3N5. The molecule has 0 aliphatic heterocycles. The van der Waals surface area contributed by atoms with E-state index < -0.39 is 11.7 Å². The fourth-order valence-electron chi connectivity index (χ4n) is 3.08. The SMILES string of the molecule is Cc1nn(C)c2ncc(CNc3ccc(CN(C)C)c(C(F)(F)F)c3)cc12. The monoisotopic (exact) mass is 377 g/mol. The average Bonchev–Trinajstić information content (AvgIpc) is 2.86. The molecule has 2 aromatic heterocycles. The molecule has 0 saturated heterocycles. The second kappa shape index (κ2) is 7.19. The highest BCUT2D eigenvalue weighted by Gasteiger charge is 2.33. The molecule has 5 nitrogen and oxygen atoms in total. The molecule has 0 radical (unpaired) electrons. The molecule has 0 atom stereocenters. The lowest BCUT2D eigenvalue weighted by Crippen LogP contribution is -2.17. The molecule has 27 heavy (non-hydrogen) atoms. The summed E-state index contributed by atoms with van der Waals surface area (Å²) in [6.07, 6.45) is -2.68. The van der Waals surface area contributed by atoms with Gasteiger partial charge in [-0.3, -0.25) is 4.68 Å². The van der Waals surface area contributed by atoms with Crippen LogP contribution in [0.3, 0.4) is 0 Å². The number of pyridine rings is 1. The van der Waals surface area contributed by atoms with E-state index in [0.717, 1.165) is 22.3 Å². The van der Waals surface area contributed by atoms with Gasteiger partial charge >= 0.3 is 6.18 Å². The number of rotatable bonds is 5.